The molecule has 2 aromatic rings. The molecule has 0 saturated carbocycles. The van der Waals surface area contributed by atoms with Crippen molar-refractivity contribution in [3.63, 3.8) is 0 Å². The van der Waals surface area contributed by atoms with Gasteiger partial charge in [-0.3, -0.25) is 9.69 Å². The van der Waals surface area contributed by atoms with Crippen molar-refractivity contribution in [2.24, 2.45) is 0 Å². The Labute approximate surface area is 168 Å². The summed E-state index contributed by atoms with van der Waals surface area (Å²) in [6.45, 7) is 4.36. The number of benzene rings is 2. The topological polar surface area (TPSA) is 42.0 Å². The molecule has 0 N–H and O–H groups in total. The zero-order chi connectivity index (χ0) is 19.3. The normalized spacial score (nSPS) is 16.4. The summed E-state index contributed by atoms with van der Waals surface area (Å²) < 4.78 is 23.7. The number of halogens is 1. The van der Waals surface area contributed by atoms with Gasteiger partial charge in [-0.05, 0) is 35.4 Å². The van der Waals surface area contributed by atoms with Gasteiger partial charge in [-0.1, -0.05) is 18.2 Å². The van der Waals surface area contributed by atoms with E-state index < -0.39 is 0 Å². The van der Waals surface area contributed by atoms with Gasteiger partial charge in [0.15, 0.2) is 11.5 Å². The largest absolute Gasteiger partial charge is 0.454 e. The van der Waals surface area contributed by atoms with Crippen LogP contribution in [0, 0.1) is 5.82 Å². The van der Waals surface area contributed by atoms with Crippen LogP contribution in [0.2, 0.25) is 0 Å². The summed E-state index contributed by atoms with van der Waals surface area (Å²) in [4.78, 5) is 16.7. The lowest BCUT2D eigenvalue weighted by molar-refractivity contribution is -0.130. The third-order valence-electron chi connectivity index (χ3n) is 4.98. The molecule has 148 valence electrons. The second-order valence-corrected chi connectivity index (χ2v) is 7.95. The van der Waals surface area contributed by atoms with Crippen LogP contribution in [0.5, 0.6) is 11.5 Å². The lowest BCUT2D eigenvalue weighted by Crippen LogP contribution is -2.48. The number of carbonyl (C=O) groups is 1. The third kappa shape index (κ3) is 4.77. The Morgan fingerprint density at radius 2 is 1.68 bits per heavy atom. The second-order valence-electron chi connectivity index (χ2n) is 6.96. The molecule has 28 heavy (non-hydrogen) atoms. The summed E-state index contributed by atoms with van der Waals surface area (Å²) in [7, 11) is 0. The Morgan fingerprint density at radius 3 is 2.46 bits per heavy atom. The molecule has 1 fully saturated rings. The van der Waals surface area contributed by atoms with Gasteiger partial charge < -0.3 is 14.4 Å². The predicted molar refractivity (Wildman–Crippen MR) is 107 cm³/mol. The summed E-state index contributed by atoms with van der Waals surface area (Å²) in [5.74, 6) is 2.73. The smallest absolute Gasteiger partial charge is 0.232 e. The highest BCUT2D eigenvalue weighted by molar-refractivity contribution is 7.99. The minimum Gasteiger partial charge on any atom is -0.454 e. The van der Waals surface area contributed by atoms with Gasteiger partial charge in [0.25, 0.3) is 0 Å². The van der Waals surface area contributed by atoms with Crippen LogP contribution < -0.4 is 9.47 Å². The molecule has 2 aliphatic rings. The van der Waals surface area contributed by atoms with Crippen molar-refractivity contribution in [2.45, 2.75) is 12.3 Å². The summed E-state index contributed by atoms with van der Waals surface area (Å²) in [5.41, 5.74) is 2.23. The fourth-order valence-corrected chi connectivity index (χ4v) is 4.27. The molecule has 0 aromatic heterocycles. The van der Waals surface area contributed by atoms with Crippen molar-refractivity contribution < 1.29 is 18.7 Å². The first-order chi connectivity index (χ1) is 13.7. The maximum absolute atomic E-state index is 12.9. The molecule has 0 bridgehead atoms. The number of thioether (sulfide) groups is 1. The van der Waals surface area contributed by atoms with E-state index in [1.54, 1.807) is 23.9 Å². The van der Waals surface area contributed by atoms with Gasteiger partial charge >= 0.3 is 0 Å². The first-order valence-electron chi connectivity index (χ1n) is 9.38. The van der Waals surface area contributed by atoms with E-state index in [0.29, 0.717) is 12.5 Å². The Kier molecular flexibility index (Phi) is 6.02. The zero-order valence-corrected chi connectivity index (χ0v) is 16.4. The number of hydrogen-bond donors (Lipinski definition) is 0. The summed E-state index contributed by atoms with van der Waals surface area (Å²) in [5, 5.41) is 0. The van der Waals surface area contributed by atoms with Crippen LogP contribution in [-0.4, -0.2) is 54.4 Å². The van der Waals surface area contributed by atoms with Crippen LogP contribution in [0.25, 0.3) is 0 Å². The van der Waals surface area contributed by atoms with E-state index in [4.69, 9.17) is 9.47 Å². The molecule has 2 aromatic carbocycles. The molecule has 2 aliphatic heterocycles. The first kappa shape index (κ1) is 19.1. The molecule has 0 radical (unpaired) electrons. The quantitative estimate of drug-likeness (QED) is 0.743. The molecule has 2 heterocycles. The van der Waals surface area contributed by atoms with Crippen LogP contribution in [0.3, 0.4) is 0 Å². The monoisotopic (exact) mass is 402 g/mol. The Morgan fingerprint density at radius 1 is 0.964 bits per heavy atom. The van der Waals surface area contributed by atoms with E-state index in [-0.39, 0.29) is 11.7 Å². The van der Waals surface area contributed by atoms with Crippen LogP contribution in [-0.2, 0) is 17.1 Å². The average Bonchev–Trinajstić information content (AvgIpc) is 3.18. The SMILES string of the molecule is O=C(CSCc1ccc(F)cc1)N1CCN(Cc2ccc3c(c2)OCO3)CC1. The summed E-state index contributed by atoms with van der Waals surface area (Å²) >= 11 is 1.58. The van der Waals surface area contributed by atoms with E-state index in [0.717, 1.165) is 55.5 Å². The fourth-order valence-electron chi connectivity index (χ4n) is 3.38. The molecule has 5 nitrogen and oxygen atoms in total. The third-order valence-corrected chi connectivity index (χ3v) is 5.96. The zero-order valence-electron chi connectivity index (χ0n) is 15.6. The second kappa shape index (κ2) is 8.84. The minimum atomic E-state index is -0.233. The van der Waals surface area contributed by atoms with Gasteiger partial charge in [0.05, 0.1) is 5.75 Å². The number of hydrogen-bond acceptors (Lipinski definition) is 5. The van der Waals surface area contributed by atoms with Crippen molar-refractivity contribution in [2.75, 3.05) is 38.7 Å². The van der Waals surface area contributed by atoms with Crippen LogP contribution in [0.1, 0.15) is 11.1 Å². The molecule has 1 saturated heterocycles. The molecule has 4 rings (SSSR count). The standard InChI is InChI=1S/C21H23FN2O3S/c22-18-4-1-16(2-5-18)13-28-14-21(25)24-9-7-23(8-10-24)12-17-3-6-19-20(11-17)27-15-26-19/h1-6,11H,7-10,12-15H2. The Hall–Kier alpha value is -2.25. The van der Waals surface area contributed by atoms with E-state index >= 15 is 0 Å². The maximum atomic E-state index is 12.9. The van der Waals surface area contributed by atoms with Crippen LogP contribution >= 0.6 is 11.8 Å². The number of piperazine rings is 1. The highest BCUT2D eigenvalue weighted by Gasteiger charge is 2.22. The fraction of sp³-hybridized carbons (Fsp3) is 0.381. The predicted octanol–water partition coefficient (Wildman–Crippen LogP) is 3.13. The molecule has 0 aliphatic carbocycles. The van der Waals surface area contributed by atoms with E-state index in [1.807, 2.05) is 17.0 Å². The molecular formula is C21H23FN2O3S. The van der Waals surface area contributed by atoms with Crippen LogP contribution in [0.4, 0.5) is 4.39 Å². The number of rotatable bonds is 6. The Bertz CT molecular complexity index is 823. The summed E-state index contributed by atoms with van der Waals surface area (Å²) in [6, 6.07) is 12.5. The van der Waals surface area contributed by atoms with E-state index in [1.165, 1.54) is 17.7 Å². The molecule has 0 spiro atoms. The molecule has 0 unspecified atom stereocenters. The molecule has 7 heteroatoms. The maximum Gasteiger partial charge on any atom is 0.232 e. The number of ether oxygens (including phenoxy) is 2. The van der Waals surface area contributed by atoms with Crippen molar-refractivity contribution in [3.05, 3.63) is 59.4 Å². The van der Waals surface area contributed by atoms with Gasteiger partial charge in [-0.15, -0.1) is 11.8 Å². The van der Waals surface area contributed by atoms with Crippen molar-refractivity contribution >= 4 is 17.7 Å². The van der Waals surface area contributed by atoms with E-state index in [9.17, 15) is 9.18 Å². The van der Waals surface area contributed by atoms with Gasteiger partial charge in [-0.2, -0.15) is 0 Å². The van der Waals surface area contributed by atoms with E-state index in [2.05, 4.69) is 11.0 Å². The summed E-state index contributed by atoms with van der Waals surface area (Å²) in [6.07, 6.45) is 0. The van der Waals surface area contributed by atoms with Crippen molar-refractivity contribution in [1.29, 1.82) is 0 Å². The Balaban J connectivity index is 1.19. The number of amides is 1. The average molecular weight is 402 g/mol. The molecule has 1 amide bonds. The highest BCUT2D eigenvalue weighted by atomic mass is 32.2. The number of nitrogens with zero attached hydrogens (tertiary/aromatic N) is 2. The van der Waals surface area contributed by atoms with Crippen LogP contribution in [0.15, 0.2) is 42.5 Å². The van der Waals surface area contributed by atoms with Gasteiger partial charge in [-0.25, -0.2) is 4.39 Å². The van der Waals surface area contributed by atoms with Gasteiger partial charge in [0, 0.05) is 38.5 Å². The van der Waals surface area contributed by atoms with Crippen molar-refractivity contribution in [1.82, 2.24) is 9.80 Å². The number of carbonyl (C=O) groups excluding carboxylic acids is 1. The number of fused-ring (bicyclic) bond motifs is 1. The first-order valence-corrected chi connectivity index (χ1v) is 10.5. The highest BCUT2D eigenvalue weighted by Crippen LogP contribution is 2.32. The molecular weight excluding hydrogens is 379 g/mol. The minimum absolute atomic E-state index is 0.176. The van der Waals surface area contributed by atoms with Gasteiger partial charge in [0.2, 0.25) is 12.7 Å². The van der Waals surface area contributed by atoms with Crippen molar-refractivity contribution in [3.8, 4) is 11.5 Å². The van der Waals surface area contributed by atoms with Gasteiger partial charge in [0.1, 0.15) is 5.82 Å². The lowest BCUT2D eigenvalue weighted by atomic mass is 10.1. The lowest BCUT2D eigenvalue weighted by Gasteiger charge is -2.34. The molecule has 0 atom stereocenters.